The lowest BCUT2D eigenvalue weighted by Crippen LogP contribution is -2.29. The van der Waals surface area contributed by atoms with Crippen LogP contribution in [0.3, 0.4) is 0 Å². The zero-order chi connectivity index (χ0) is 22.5. The molecule has 1 aliphatic carbocycles. The molecule has 0 atom stereocenters. The lowest BCUT2D eigenvalue weighted by molar-refractivity contribution is -0.116. The maximum atomic E-state index is 12.6. The van der Waals surface area contributed by atoms with Crippen molar-refractivity contribution in [3.8, 4) is 0 Å². The average molecular weight is 431 g/mol. The molecule has 1 amide bonds. The molecule has 0 spiro atoms. The molecule has 0 aromatic heterocycles. The predicted molar refractivity (Wildman–Crippen MR) is 128 cm³/mol. The summed E-state index contributed by atoms with van der Waals surface area (Å²) < 4.78 is 5.24. The Kier molecular flexibility index (Phi) is 6.86. The molecule has 0 saturated heterocycles. The third kappa shape index (κ3) is 5.74. The summed E-state index contributed by atoms with van der Waals surface area (Å²) in [6.45, 7) is 5.17. The number of ether oxygens (including phenoxy) is 1. The number of hydrogen-bond donors (Lipinski definition) is 1. The van der Waals surface area contributed by atoms with Crippen LogP contribution >= 0.6 is 0 Å². The second-order valence-corrected chi connectivity index (χ2v) is 8.67. The summed E-state index contributed by atoms with van der Waals surface area (Å²) in [7, 11) is 0. The molecule has 3 aromatic rings. The molecule has 32 heavy (non-hydrogen) atoms. The Morgan fingerprint density at radius 2 is 1.78 bits per heavy atom. The minimum atomic E-state index is -0.383. The molecule has 0 unspecified atom stereocenters. The van der Waals surface area contributed by atoms with E-state index in [0.717, 1.165) is 6.54 Å². The van der Waals surface area contributed by atoms with E-state index in [1.807, 2.05) is 13.8 Å². The predicted octanol–water partition coefficient (Wildman–Crippen LogP) is 5.40. The first-order chi connectivity index (χ1) is 15.5. The number of esters is 1. The van der Waals surface area contributed by atoms with Crippen molar-refractivity contribution in [1.29, 1.82) is 0 Å². The van der Waals surface area contributed by atoms with E-state index in [2.05, 4.69) is 52.7 Å². The maximum Gasteiger partial charge on any atom is 0.338 e. The Bertz CT molecular complexity index is 1100. The summed E-state index contributed by atoms with van der Waals surface area (Å²) in [6, 6.07) is 22.3. The van der Waals surface area contributed by atoms with Gasteiger partial charge in [0.1, 0.15) is 0 Å². The van der Waals surface area contributed by atoms with Gasteiger partial charge in [-0.25, -0.2) is 4.79 Å². The van der Waals surface area contributed by atoms with Crippen LogP contribution in [0.4, 0.5) is 5.69 Å². The van der Waals surface area contributed by atoms with Crippen LogP contribution in [-0.2, 0) is 16.1 Å². The van der Waals surface area contributed by atoms with E-state index >= 15 is 0 Å². The minimum Gasteiger partial charge on any atom is -0.459 e. The Morgan fingerprint density at radius 3 is 2.56 bits per heavy atom. The van der Waals surface area contributed by atoms with E-state index in [4.69, 9.17) is 4.74 Å². The molecule has 1 N–H and O–H groups in total. The average Bonchev–Trinajstić information content (AvgIpc) is 3.62. The fraction of sp³-hybridized carbons (Fsp3) is 0.333. The van der Waals surface area contributed by atoms with Gasteiger partial charge in [-0.15, -0.1) is 0 Å². The Hall–Kier alpha value is -3.18. The highest BCUT2D eigenvalue weighted by Gasteiger charge is 2.29. The van der Waals surface area contributed by atoms with E-state index in [-0.39, 0.29) is 18.0 Å². The lowest BCUT2D eigenvalue weighted by Gasteiger charge is -2.22. The molecule has 5 nitrogen and oxygen atoms in total. The molecular formula is C27H30N2O3. The second-order valence-electron chi connectivity index (χ2n) is 8.67. The lowest BCUT2D eigenvalue weighted by atomic mass is 10.0. The van der Waals surface area contributed by atoms with Gasteiger partial charge in [-0.3, -0.25) is 9.69 Å². The molecule has 5 heteroatoms. The third-order valence-electron chi connectivity index (χ3n) is 5.67. The molecule has 1 fully saturated rings. The monoisotopic (exact) mass is 430 g/mol. The SMILES string of the molecule is CC(C)OC(=O)c1cccc(NC(=O)CCN(Cc2cccc3ccccc23)C2CC2)c1. The summed E-state index contributed by atoms with van der Waals surface area (Å²) in [6.07, 6.45) is 2.59. The summed E-state index contributed by atoms with van der Waals surface area (Å²) in [5, 5.41) is 5.44. The normalized spacial score (nSPS) is 13.5. The van der Waals surface area contributed by atoms with Gasteiger partial charge in [-0.05, 0) is 61.2 Å². The number of rotatable bonds is 9. The van der Waals surface area contributed by atoms with Gasteiger partial charge in [0.2, 0.25) is 5.91 Å². The summed E-state index contributed by atoms with van der Waals surface area (Å²) in [5.41, 5.74) is 2.35. The molecule has 0 bridgehead atoms. The quantitative estimate of drug-likeness (QED) is 0.462. The van der Waals surface area contributed by atoms with Crippen molar-refractivity contribution in [2.24, 2.45) is 0 Å². The number of anilines is 1. The van der Waals surface area contributed by atoms with Crippen molar-refractivity contribution in [1.82, 2.24) is 4.90 Å². The first-order valence-corrected chi connectivity index (χ1v) is 11.3. The smallest absolute Gasteiger partial charge is 0.338 e. The van der Waals surface area contributed by atoms with Crippen molar-refractivity contribution < 1.29 is 14.3 Å². The number of fused-ring (bicyclic) bond motifs is 1. The number of nitrogens with one attached hydrogen (secondary N) is 1. The molecule has 0 aliphatic heterocycles. The Labute approximate surface area is 189 Å². The molecule has 1 saturated carbocycles. The molecular weight excluding hydrogens is 400 g/mol. The zero-order valence-electron chi connectivity index (χ0n) is 18.7. The van der Waals surface area contributed by atoms with Gasteiger partial charge in [-0.2, -0.15) is 0 Å². The van der Waals surface area contributed by atoms with Gasteiger partial charge in [0.25, 0.3) is 0 Å². The summed E-state index contributed by atoms with van der Waals surface area (Å²) >= 11 is 0. The summed E-state index contributed by atoms with van der Waals surface area (Å²) in [5.74, 6) is -0.436. The van der Waals surface area contributed by atoms with Gasteiger partial charge in [-0.1, -0.05) is 48.5 Å². The minimum absolute atomic E-state index is 0.0528. The first kappa shape index (κ1) is 22.0. The van der Waals surface area contributed by atoms with Crippen LogP contribution in [0, 0.1) is 0 Å². The molecule has 166 valence electrons. The highest BCUT2D eigenvalue weighted by Crippen LogP contribution is 2.30. The summed E-state index contributed by atoms with van der Waals surface area (Å²) in [4.78, 5) is 27.2. The van der Waals surface area contributed by atoms with E-state index in [1.165, 1.54) is 29.2 Å². The van der Waals surface area contributed by atoms with Crippen molar-refractivity contribution in [3.05, 3.63) is 77.9 Å². The number of nitrogens with zero attached hydrogens (tertiary/aromatic N) is 1. The van der Waals surface area contributed by atoms with E-state index in [9.17, 15) is 9.59 Å². The van der Waals surface area contributed by atoms with Crippen molar-refractivity contribution in [2.45, 2.75) is 51.8 Å². The zero-order valence-corrected chi connectivity index (χ0v) is 18.7. The van der Waals surface area contributed by atoms with E-state index in [1.54, 1.807) is 24.3 Å². The highest BCUT2D eigenvalue weighted by atomic mass is 16.5. The molecule has 1 aliphatic rings. The largest absolute Gasteiger partial charge is 0.459 e. The molecule has 0 radical (unpaired) electrons. The highest BCUT2D eigenvalue weighted by molar-refractivity contribution is 5.94. The number of benzene rings is 3. The number of carbonyl (C=O) groups is 2. The number of hydrogen-bond acceptors (Lipinski definition) is 4. The van der Waals surface area contributed by atoms with Gasteiger partial charge in [0, 0.05) is 31.2 Å². The van der Waals surface area contributed by atoms with Crippen LogP contribution in [0.25, 0.3) is 10.8 Å². The van der Waals surface area contributed by atoms with Crippen molar-refractivity contribution in [3.63, 3.8) is 0 Å². The standard InChI is InChI=1S/C27H30N2O3/c1-19(2)32-27(31)21-9-6-11-23(17-21)28-26(30)15-16-29(24-13-14-24)18-22-10-5-8-20-7-3-4-12-25(20)22/h3-12,17,19,24H,13-16,18H2,1-2H3,(H,28,30). The van der Waals surface area contributed by atoms with E-state index < -0.39 is 0 Å². The van der Waals surface area contributed by atoms with Gasteiger partial charge in [0.05, 0.1) is 11.7 Å². The van der Waals surface area contributed by atoms with Crippen molar-refractivity contribution >= 4 is 28.3 Å². The first-order valence-electron chi connectivity index (χ1n) is 11.3. The molecule has 4 rings (SSSR count). The van der Waals surface area contributed by atoms with Crippen molar-refractivity contribution in [2.75, 3.05) is 11.9 Å². The van der Waals surface area contributed by atoms with Crippen LogP contribution < -0.4 is 5.32 Å². The van der Waals surface area contributed by atoms with Crippen LogP contribution in [-0.4, -0.2) is 35.5 Å². The second kappa shape index (κ2) is 9.96. The number of carbonyl (C=O) groups excluding carboxylic acids is 2. The van der Waals surface area contributed by atoms with Crippen LogP contribution in [0.15, 0.2) is 66.7 Å². The van der Waals surface area contributed by atoms with E-state index in [0.29, 0.717) is 30.3 Å². The van der Waals surface area contributed by atoms with Gasteiger partial charge < -0.3 is 10.1 Å². The van der Waals surface area contributed by atoms with Crippen LogP contribution in [0.5, 0.6) is 0 Å². The molecule has 3 aromatic carbocycles. The Balaban J connectivity index is 1.36. The fourth-order valence-corrected chi connectivity index (χ4v) is 3.95. The maximum absolute atomic E-state index is 12.6. The van der Waals surface area contributed by atoms with Crippen LogP contribution in [0.2, 0.25) is 0 Å². The fourth-order valence-electron chi connectivity index (χ4n) is 3.95. The van der Waals surface area contributed by atoms with Crippen LogP contribution in [0.1, 0.15) is 49.0 Å². The molecule has 0 heterocycles. The third-order valence-corrected chi connectivity index (χ3v) is 5.67. The Morgan fingerprint density at radius 1 is 1.03 bits per heavy atom. The van der Waals surface area contributed by atoms with Gasteiger partial charge in [0.15, 0.2) is 0 Å². The number of amides is 1. The van der Waals surface area contributed by atoms with Gasteiger partial charge >= 0.3 is 5.97 Å². The topological polar surface area (TPSA) is 58.6 Å².